The Morgan fingerprint density at radius 3 is 2.67 bits per heavy atom. The zero-order valence-electron chi connectivity index (χ0n) is 12.4. The molecular weight excluding hydrogens is 373 g/mol. The van der Waals surface area contributed by atoms with E-state index in [1.165, 1.54) is 28.0 Å². The minimum absolute atomic E-state index is 0.0596. The standard InChI is InChI=1S/C16H13ClFNO3S2/c17-15-8-14(3-4-16(15)18)24(20,21)19(9-12-5-7-23-11-12)10-13-2-1-6-22-13/h1-8,11H,9-10H2. The molecule has 2 heterocycles. The number of nitrogens with zero attached hydrogens (tertiary/aromatic N) is 1. The lowest BCUT2D eigenvalue weighted by Crippen LogP contribution is -2.30. The fraction of sp³-hybridized carbons (Fsp3) is 0.125. The fourth-order valence-electron chi connectivity index (χ4n) is 2.17. The summed E-state index contributed by atoms with van der Waals surface area (Å²) in [6, 6.07) is 8.62. The maximum absolute atomic E-state index is 13.3. The van der Waals surface area contributed by atoms with Crippen molar-refractivity contribution in [3.63, 3.8) is 0 Å². The molecule has 2 aromatic heterocycles. The van der Waals surface area contributed by atoms with Crippen LogP contribution < -0.4 is 0 Å². The summed E-state index contributed by atoms with van der Waals surface area (Å²) in [4.78, 5) is -0.0596. The SMILES string of the molecule is O=S(=O)(c1ccc(F)c(Cl)c1)N(Cc1ccsc1)Cc1ccco1. The molecule has 0 atom stereocenters. The minimum atomic E-state index is -3.87. The number of rotatable bonds is 6. The van der Waals surface area contributed by atoms with Crippen LogP contribution >= 0.6 is 22.9 Å². The van der Waals surface area contributed by atoms with Crippen molar-refractivity contribution in [2.24, 2.45) is 0 Å². The van der Waals surface area contributed by atoms with Crippen LogP contribution in [0.2, 0.25) is 5.02 Å². The van der Waals surface area contributed by atoms with E-state index in [2.05, 4.69) is 0 Å². The average molecular weight is 386 g/mol. The Labute approximate surface area is 148 Å². The summed E-state index contributed by atoms with van der Waals surface area (Å²) in [6.45, 7) is 0.252. The second-order valence-electron chi connectivity index (χ2n) is 5.06. The molecule has 0 amide bonds. The van der Waals surface area contributed by atoms with E-state index in [1.807, 2.05) is 16.8 Å². The van der Waals surface area contributed by atoms with E-state index in [1.54, 1.807) is 12.1 Å². The van der Waals surface area contributed by atoms with Gasteiger partial charge in [-0.3, -0.25) is 0 Å². The van der Waals surface area contributed by atoms with Crippen LogP contribution in [0.5, 0.6) is 0 Å². The molecule has 0 radical (unpaired) electrons. The van der Waals surface area contributed by atoms with Gasteiger partial charge in [0, 0.05) is 6.54 Å². The highest BCUT2D eigenvalue weighted by Crippen LogP contribution is 2.25. The first-order chi connectivity index (χ1) is 11.5. The summed E-state index contributed by atoms with van der Waals surface area (Å²) < 4.78 is 45.8. The molecule has 0 saturated heterocycles. The third-order valence-electron chi connectivity index (χ3n) is 3.38. The van der Waals surface area contributed by atoms with Gasteiger partial charge >= 0.3 is 0 Å². The third-order valence-corrected chi connectivity index (χ3v) is 6.19. The number of sulfonamides is 1. The highest BCUT2D eigenvalue weighted by atomic mass is 35.5. The molecule has 0 aliphatic heterocycles. The Morgan fingerprint density at radius 2 is 2.04 bits per heavy atom. The van der Waals surface area contributed by atoms with E-state index in [-0.39, 0.29) is 23.0 Å². The number of furan rings is 1. The Kier molecular flexibility index (Phi) is 5.05. The van der Waals surface area contributed by atoms with Gasteiger partial charge in [-0.1, -0.05) is 11.6 Å². The van der Waals surface area contributed by atoms with Crippen LogP contribution in [0, 0.1) is 5.82 Å². The predicted molar refractivity (Wildman–Crippen MR) is 90.9 cm³/mol. The second kappa shape index (κ2) is 7.06. The maximum atomic E-state index is 13.3. The summed E-state index contributed by atoms with van der Waals surface area (Å²) >= 11 is 7.22. The molecule has 126 valence electrons. The van der Waals surface area contributed by atoms with Crippen LogP contribution in [-0.2, 0) is 23.1 Å². The zero-order chi connectivity index (χ0) is 17.2. The van der Waals surface area contributed by atoms with E-state index >= 15 is 0 Å². The third kappa shape index (κ3) is 3.70. The molecule has 1 aromatic carbocycles. The molecule has 4 nitrogen and oxygen atoms in total. The topological polar surface area (TPSA) is 50.5 Å². The van der Waals surface area contributed by atoms with Crippen molar-refractivity contribution >= 4 is 33.0 Å². The van der Waals surface area contributed by atoms with Crippen LogP contribution in [0.1, 0.15) is 11.3 Å². The number of halogens is 2. The number of thiophene rings is 1. The van der Waals surface area contributed by atoms with Crippen LogP contribution in [0.3, 0.4) is 0 Å². The predicted octanol–water partition coefficient (Wildman–Crippen LogP) is 4.52. The fourth-order valence-corrected chi connectivity index (χ4v) is 4.50. The van der Waals surface area contributed by atoms with Gasteiger partial charge in [0.05, 0.1) is 22.7 Å². The summed E-state index contributed by atoms with van der Waals surface area (Å²) in [5.41, 5.74) is 0.864. The molecule has 24 heavy (non-hydrogen) atoms. The number of benzene rings is 1. The van der Waals surface area contributed by atoms with E-state index in [9.17, 15) is 12.8 Å². The van der Waals surface area contributed by atoms with Crippen molar-refractivity contribution in [1.82, 2.24) is 4.31 Å². The van der Waals surface area contributed by atoms with Crippen molar-refractivity contribution in [2.45, 2.75) is 18.0 Å². The molecular formula is C16H13ClFNO3S2. The van der Waals surface area contributed by atoms with E-state index in [4.69, 9.17) is 16.0 Å². The molecule has 0 bridgehead atoms. The van der Waals surface area contributed by atoms with Crippen molar-refractivity contribution in [2.75, 3.05) is 0 Å². The lowest BCUT2D eigenvalue weighted by molar-refractivity contribution is 0.359. The van der Waals surface area contributed by atoms with E-state index in [0.717, 1.165) is 17.7 Å². The Bertz CT molecular complexity index is 873. The molecule has 0 aliphatic rings. The van der Waals surface area contributed by atoms with E-state index < -0.39 is 15.8 Å². The van der Waals surface area contributed by atoms with Gasteiger partial charge in [-0.15, -0.1) is 0 Å². The summed E-state index contributed by atoms with van der Waals surface area (Å²) in [6.07, 6.45) is 1.49. The summed E-state index contributed by atoms with van der Waals surface area (Å²) in [5.74, 6) is -0.145. The monoisotopic (exact) mass is 385 g/mol. The first-order valence-electron chi connectivity index (χ1n) is 6.95. The smallest absolute Gasteiger partial charge is 0.243 e. The van der Waals surface area contributed by atoms with Gasteiger partial charge in [0.25, 0.3) is 0 Å². The Hall–Kier alpha value is -1.67. The normalized spacial score (nSPS) is 12.0. The minimum Gasteiger partial charge on any atom is -0.468 e. The maximum Gasteiger partial charge on any atom is 0.243 e. The van der Waals surface area contributed by atoms with Crippen LogP contribution in [0.4, 0.5) is 4.39 Å². The average Bonchev–Trinajstić information content (AvgIpc) is 3.23. The molecule has 0 N–H and O–H groups in total. The molecule has 0 spiro atoms. The molecule has 0 aliphatic carbocycles. The molecule has 0 unspecified atom stereocenters. The van der Waals surface area contributed by atoms with Crippen LogP contribution in [0.25, 0.3) is 0 Å². The molecule has 3 aromatic rings. The van der Waals surface area contributed by atoms with Crippen LogP contribution in [0.15, 0.2) is 62.7 Å². The summed E-state index contributed by atoms with van der Waals surface area (Å²) in [7, 11) is -3.87. The second-order valence-corrected chi connectivity index (χ2v) is 8.19. The van der Waals surface area contributed by atoms with Crippen molar-refractivity contribution in [3.05, 3.63) is 75.6 Å². The Balaban J connectivity index is 1.97. The largest absolute Gasteiger partial charge is 0.468 e. The first-order valence-corrected chi connectivity index (χ1v) is 9.71. The van der Waals surface area contributed by atoms with Gasteiger partial charge < -0.3 is 4.42 Å². The van der Waals surface area contributed by atoms with Crippen molar-refractivity contribution in [1.29, 1.82) is 0 Å². The van der Waals surface area contributed by atoms with Crippen LogP contribution in [-0.4, -0.2) is 12.7 Å². The Morgan fingerprint density at radius 1 is 1.21 bits per heavy atom. The van der Waals surface area contributed by atoms with Gasteiger partial charge in [0.1, 0.15) is 11.6 Å². The quantitative estimate of drug-likeness (QED) is 0.626. The van der Waals surface area contributed by atoms with Gasteiger partial charge in [-0.2, -0.15) is 15.6 Å². The molecule has 0 saturated carbocycles. The summed E-state index contributed by atoms with van der Waals surface area (Å²) in [5, 5.41) is 3.52. The van der Waals surface area contributed by atoms with E-state index in [0.29, 0.717) is 5.76 Å². The molecule has 3 rings (SSSR count). The van der Waals surface area contributed by atoms with Crippen molar-refractivity contribution in [3.8, 4) is 0 Å². The zero-order valence-corrected chi connectivity index (χ0v) is 14.7. The number of hydrogen-bond acceptors (Lipinski definition) is 4. The molecule has 8 heteroatoms. The van der Waals surface area contributed by atoms with Gasteiger partial charge in [-0.25, -0.2) is 12.8 Å². The first kappa shape index (κ1) is 17.2. The lowest BCUT2D eigenvalue weighted by Gasteiger charge is -2.21. The van der Waals surface area contributed by atoms with Gasteiger partial charge in [0.2, 0.25) is 10.0 Å². The van der Waals surface area contributed by atoms with Gasteiger partial charge in [-0.05, 0) is 52.7 Å². The number of hydrogen-bond donors (Lipinski definition) is 0. The molecule has 0 fully saturated rings. The highest BCUT2D eigenvalue weighted by molar-refractivity contribution is 7.89. The van der Waals surface area contributed by atoms with Gasteiger partial charge in [0.15, 0.2) is 0 Å². The highest BCUT2D eigenvalue weighted by Gasteiger charge is 2.26. The lowest BCUT2D eigenvalue weighted by atomic mass is 10.3. The van der Waals surface area contributed by atoms with Crippen molar-refractivity contribution < 1.29 is 17.2 Å².